The Balaban J connectivity index is 2.27. The van der Waals surface area contributed by atoms with Gasteiger partial charge in [0.1, 0.15) is 0 Å². The number of hydrogen-bond acceptors (Lipinski definition) is 2. The molecular formula is C14H12Cl2OS. The van der Waals surface area contributed by atoms with Crippen molar-refractivity contribution >= 4 is 40.3 Å². The van der Waals surface area contributed by atoms with Crippen molar-refractivity contribution < 1.29 is 4.79 Å². The summed E-state index contributed by atoms with van der Waals surface area (Å²) >= 11 is 13.6. The standard InChI is InChI=1S/C14H12Cl2OS/c1-8-6-14(18-9(8)2)13(17)7-10-11(15)4-3-5-12(10)16/h3-6H,7H2,1-2H3. The number of hydrogen-bond donors (Lipinski definition) is 0. The maximum atomic E-state index is 12.2. The first kappa shape index (κ1) is 13.6. The molecule has 4 heteroatoms. The molecule has 1 nitrogen and oxygen atoms in total. The Morgan fingerprint density at radius 2 is 1.83 bits per heavy atom. The second kappa shape index (κ2) is 5.43. The lowest BCUT2D eigenvalue weighted by atomic mass is 10.1. The van der Waals surface area contributed by atoms with Crippen LogP contribution in [0.4, 0.5) is 0 Å². The summed E-state index contributed by atoms with van der Waals surface area (Å²) in [5, 5.41) is 1.08. The topological polar surface area (TPSA) is 17.1 Å². The van der Waals surface area contributed by atoms with E-state index in [0.717, 1.165) is 10.4 Å². The van der Waals surface area contributed by atoms with Gasteiger partial charge in [0.2, 0.25) is 0 Å². The molecule has 94 valence electrons. The van der Waals surface area contributed by atoms with Gasteiger partial charge in [-0.1, -0.05) is 29.3 Å². The molecule has 18 heavy (non-hydrogen) atoms. The van der Waals surface area contributed by atoms with E-state index in [0.29, 0.717) is 15.6 Å². The summed E-state index contributed by atoms with van der Waals surface area (Å²) in [5.74, 6) is 0.0613. The van der Waals surface area contributed by atoms with Crippen molar-refractivity contribution in [2.75, 3.05) is 0 Å². The molecule has 2 rings (SSSR count). The molecule has 0 saturated carbocycles. The number of carbonyl (C=O) groups is 1. The molecule has 0 amide bonds. The van der Waals surface area contributed by atoms with Crippen LogP contribution in [0.25, 0.3) is 0 Å². The summed E-state index contributed by atoms with van der Waals surface area (Å²) in [6, 6.07) is 7.20. The van der Waals surface area contributed by atoms with E-state index in [9.17, 15) is 4.79 Å². The zero-order chi connectivity index (χ0) is 13.3. The molecule has 0 N–H and O–H groups in total. The number of ketones is 1. The summed E-state index contributed by atoms with van der Waals surface area (Å²) in [7, 11) is 0. The molecule has 0 bridgehead atoms. The van der Waals surface area contributed by atoms with Crippen LogP contribution in [0, 0.1) is 13.8 Å². The van der Waals surface area contributed by atoms with E-state index >= 15 is 0 Å². The second-order valence-corrected chi connectivity index (χ2v) is 6.22. The van der Waals surface area contributed by atoms with Gasteiger partial charge < -0.3 is 0 Å². The summed E-state index contributed by atoms with van der Waals surface area (Å²) in [6.07, 6.45) is 0.248. The average Bonchev–Trinajstić information content (AvgIpc) is 2.64. The highest BCUT2D eigenvalue weighted by Gasteiger charge is 2.15. The molecule has 0 aliphatic heterocycles. The van der Waals surface area contributed by atoms with Gasteiger partial charge in [-0.15, -0.1) is 11.3 Å². The van der Waals surface area contributed by atoms with Crippen LogP contribution >= 0.6 is 34.5 Å². The van der Waals surface area contributed by atoms with Crippen molar-refractivity contribution in [3.8, 4) is 0 Å². The average molecular weight is 299 g/mol. The van der Waals surface area contributed by atoms with E-state index in [1.54, 1.807) is 18.2 Å². The van der Waals surface area contributed by atoms with Gasteiger partial charge in [0.05, 0.1) is 4.88 Å². The van der Waals surface area contributed by atoms with Gasteiger partial charge in [-0.05, 0) is 43.2 Å². The van der Waals surface area contributed by atoms with Gasteiger partial charge >= 0.3 is 0 Å². The van der Waals surface area contributed by atoms with Gasteiger partial charge in [0.25, 0.3) is 0 Å². The van der Waals surface area contributed by atoms with Crippen LogP contribution in [0.5, 0.6) is 0 Å². The molecule has 0 aliphatic carbocycles. The van der Waals surface area contributed by atoms with E-state index in [1.807, 2.05) is 19.9 Å². The minimum Gasteiger partial charge on any atom is -0.293 e. The fourth-order valence-corrected chi connectivity index (χ4v) is 3.16. The summed E-state index contributed by atoms with van der Waals surface area (Å²) in [6.45, 7) is 4.02. The van der Waals surface area contributed by atoms with Gasteiger partial charge in [-0.25, -0.2) is 0 Å². The Kier molecular flexibility index (Phi) is 4.10. The van der Waals surface area contributed by atoms with Crippen LogP contribution in [0.2, 0.25) is 10.0 Å². The highest BCUT2D eigenvalue weighted by Crippen LogP contribution is 2.28. The lowest BCUT2D eigenvalue weighted by molar-refractivity contribution is 0.0997. The molecule has 0 aliphatic rings. The third kappa shape index (κ3) is 2.77. The monoisotopic (exact) mass is 298 g/mol. The summed E-state index contributed by atoms with van der Waals surface area (Å²) in [4.78, 5) is 14.1. The molecular weight excluding hydrogens is 287 g/mol. The Bertz CT molecular complexity index is 562. The van der Waals surface area contributed by atoms with Crippen molar-refractivity contribution in [1.29, 1.82) is 0 Å². The first-order valence-corrected chi connectivity index (χ1v) is 7.09. The van der Waals surface area contributed by atoms with Crippen LogP contribution in [0.3, 0.4) is 0 Å². The molecule has 0 fully saturated rings. The van der Waals surface area contributed by atoms with Crippen molar-refractivity contribution in [3.05, 3.63) is 55.2 Å². The molecule has 0 radical (unpaired) electrons. The predicted octanol–water partition coefficient (Wildman–Crippen LogP) is 5.10. The van der Waals surface area contributed by atoms with Crippen LogP contribution in [-0.2, 0) is 6.42 Å². The van der Waals surface area contributed by atoms with Crippen molar-refractivity contribution in [1.82, 2.24) is 0 Å². The SMILES string of the molecule is Cc1cc(C(=O)Cc2c(Cl)cccc2Cl)sc1C. The van der Waals surface area contributed by atoms with Crippen LogP contribution in [0.15, 0.2) is 24.3 Å². The zero-order valence-electron chi connectivity index (χ0n) is 10.1. The quantitative estimate of drug-likeness (QED) is 0.721. The van der Waals surface area contributed by atoms with Gasteiger partial charge in [-0.3, -0.25) is 4.79 Å². The Labute approximate surface area is 120 Å². The van der Waals surface area contributed by atoms with E-state index in [1.165, 1.54) is 16.2 Å². The third-order valence-electron chi connectivity index (χ3n) is 2.84. The molecule has 1 heterocycles. The minimum absolute atomic E-state index is 0.0613. The number of thiophene rings is 1. The van der Waals surface area contributed by atoms with E-state index in [4.69, 9.17) is 23.2 Å². The maximum Gasteiger partial charge on any atom is 0.177 e. The largest absolute Gasteiger partial charge is 0.293 e. The lowest BCUT2D eigenvalue weighted by Crippen LogP contribution is -2.02. The minimum atomic E-state index is 0.0613. The predicted molar refractivity (Wildman–Crippen MR) is 78.3 cm³/mol. The first-order valence-electron chi connectivity index (χ1n) is 5.52. The molecule has 0 spiro atoms. The highest BCUT2D eigenvalue weighted by atomic mass is 35.5. The van der Waals surface area contributed by atoms with Gasteiger partial charge in [-0.2, -0.15) is 0 Å². The van der Waals surface area contributed by atoms with Gasteiger partial charge in [0, 0.05) is 21.3 Å². The Morgan fingerprint density at radius 1 is 1.22 bits per heavy atom. The number of aryl methyl sites for hydroxylation is 2. The number of carbonyl (C=O) groups excluding carboxylic acids is 1. The van der Waals surface area contributed by atoms with Crippen molar-refractivity contribution in [3.63, 3.8) is 0 Å². The second-order valence-electron chi connectivity index (χ2n) is 4.15. The van der Waals surface area contributed by atoms with Crippen molar-refractivity contribution in [2.45, 2.75) is 20.3 Å². The normalized spacial score (nSPS) is 10.7. The van der Waals surface area contributed by atoms with Crippen LogP contribution in [0.1, 0.15) is 25.7 Å². The zero-order valence-corrected chi connectivity index (χ0v) is 12.4. The molecule has 0 unspecified atom stereocenters. The first-order chi connectivity index (χ1) is 8.49. The number of halogens is 2. The molecule has 2 aromatic rings. The molecule has 1 aromatic carbocycles. The van der Waals surface area contributed by atoms with E-state index in [2.05, 4.69) is 0 Å². The Morgan fingerprint density at radius 3 is 2.33 bits per heavy atom. The Hall–Kier alpha value is -0.830. The number of benzene rings is 1. The third-order valence-corrected chi connectivity index (χ3v) is 4.74. The summed E-state index contributed by atoms with van der Waals surface area (Å²) in [5.41, 5.74) is 1.85. The smallest absolute Gasteiger partial charge is 0.177 e. The summed E-state index contributed by atoms with van der Waals surface area (Å²) < 4.78 is 0. The van der Waals surface area contributed by atoms with E-state index < -0.39 is 0 Å². The van der Waals surface area contributed by atoms with Crippen molar-refractivity contribution in [2.24, 2.45) is 0 Å². The lowest BCUT2D eigenvalue weighted by Gasteiger charge is -2.04. The number of rotatable bonds is 3. The molecule has 1 aromatic heterocycles. The number of Topliss-reactive ketones (excluding diaryl/α,β-unsaturated/α-hetero) is 1. The highest BCUT2D eigenvalue weighted by molar-refractivity contribution is 7.14. The molecule has 0 saturated heterocycles. The fourth-order valence-electron chi connectivity index (χ4n) is 1.66. The maximum absolute atomic E-state index is 12.2. The van der Waals surface area contributed by atoms with Crippen LogP contribution < -0.4 is 0 Å². The van der Waals surface area contributed by atoms with Crippen LogP contribution in [-0.4, -0.2) is 5.78 Å². The van der Waals surface area contributed by atoms with Gasteiger partial charge in [0.15, 0.2) is 5.78 Å². The fraction of sp³-hybridized carbons (Fsp3) is 0.214. The molecule has 0 atom stereocenters. The van der Waals surface area contributed by atoms with E-state index in [-0.39, 0.29) is 12.2 Å².